The van der Waals surface area contributed by atoms with Gasteiger partial charge < -0.3 is 19.0 Å². The number of hydrogen-bond donors (Lipinski definition) is 0. The number of aryl methyl sites for hydroxylation is 1. The first kappa shape index (κ1) is 20.2. The topological polar surface area (TPSA) is 63.0 Å². The van der Waals surface area contributed by atoms with E-state index in [9.17, 15) is 14.0 Å². The Balaban J connectivity index is 1.35. The van der Waals surface area contributed by atoms with Gasteiger partial charge in [-0.2, -0.15) is 0 Å². The van der Waals surface area contributed by atoms with E-state index >= 15 is 0 Å². The Morgan fingerprint density at radius 3 is 2.43 bits per heavy atom. The van der Waals surface area contributed by atoms with Gasteiger partial charge in [0.1, 0.15) is 17.1 Å². The first-order valence-electron chi connectivity index (χ1n) is 9.56. The Labute approximate surface area is 177 Å². The third kappa shape index (κ3) is 4.11. The molecule has 156 valence electrons. The lowest BCUT2D eigenvalue weighted by Gasteiger charge is -2.34. The highest BCUT2D eigenvalue weighted by atomic mass is 35.5. The Morgan fingerprint density at radius 1 is 1.07 bits per heavy atom. The van der Waals surface area contributed by atoms with Crippen molar-refractivity contribution in [2.24, 2.45) is 0 Å². The lowest BCUT2D eigenvalue weighted by molar-refractivity contribution is -0.134. The van der Waals surface area contributed by atoms with Crippen molar-refractivity contribution in [3.05, 3.63) is 64.6 Å². The number of rotatable bonds is 4. The summed E-state index contributed by atoms with van der Waals surface area (Å²) in [4.78, 5) is 28.6. The summed E-state index contributed by atoms with van der Waals surface area (Å²) in [7, 11) is 0. The van der Waals surface area contributed by atoms with Gasteiger partial charge in [0.15, 0.2) is 12.4 Å². The van der Waals surface area contributed by atoms with Crippen LogP contribution in [0.5, 0.6) is 5.75 Å². The predicted octanol–water partition coefficient (Wildman–Crippen LogP) is 3.90. The second-order valence-corrected chi connectivity index (χ2v) is 7.55. The van der Waals surface area contributed by atoms with E-state index in [-0.39, 0.29) is 30.0 Å². The highest BCUT2D eigenvalue weighted by Gasteiger charge is 2.28. The van der Waals surface area contributed by atoms with E-state index < -0.39 is 0 Å². The third-order valence-electron chi connectivity index (χ3n) is 5.19. The summed E-state index contributed by atoms with van der Waals surface area (Å²) >= 11 is 5.83. The molecule has 1 fully saturated rings. The Morgan fingerprint density at radius 2 is 1.73 bits per heavy atom. The monoisotopic (exact) mass is 430 g/mol. The van der Waals surface area contributed by atoms with Gasteiger partial charge in [0, 0.05) is 42.2 Å². The van der Waals surface area contributed by atoms with Gasteiger partial charge in [0.2, 0.25) is 0 Å². The quantitative estimate of drug-likeness (QED) is 0.629. The van der Waals surface area contributed by atoms with Gasteiger partial charge in [-0.25, -0.2) is 4.39 Å². The summed E-state index contributed by atoms with van der Waals surface area (Å²) in [6.07, 6.45) is 0. The summed E-state index contributed by atoms with van der Waals surface area (Å²) in [5, 5.41) is 1.19. The summed E-state index contributed by atoms with van der Waals surface area (Å²) < 4.78 is 24.7. The summed E-state index contributed by atoms with van der Waals surface area (Å²) in [5.74, 6) is -0.000724. The largest absolute Gasteiger partial charge is 0.484 e. The van der Waals surface area contributed by atoms with Crippen LogP contribution in [-0.4, -0.2) is 54.4 Å². The molecule has 6 nitrogen and oxygen atoms in total. The lowest BCUT2D eigenvalue weighted by Crippen LogP contribution is -2.51. The fourth-order valence-corrected chi connectivity index (χ4v) is 3.59. The normalized spacial score (nSPS) is 14.2. The van der Waals surface area contributed by atoms with Crippen molar-refractivity contribution in [2.45, 2.75) is 6.92 Å². The van der Waals surface area contributed by atoms with E-state index in [1.165, 1.54) is 18.2 Å². The van der Waals surface area contributed by atoms with Crippen LogP contribution in [-0.2, 0) is 4.79 Å². The van der Waals surface area contributed by atoms with Gasteiger partial charge in [0.05, 0.1) is 0 Å². The Kier molecular flexibility index (Phi) is 5.63. The molecule has 30 heavy (non-hydrogen) atoms. The molecule has 0 radical (unpaired) electrons. The van der Waals surface area contributed by atoms with Gasteiger partial charge in [-0.15, -0.1) is 0 Å². The molecule has 1 aliphatic heterocycles. The smallest absolute Gasteiger partial charge is 0.290 e. The van der Waals surface area contributed by atoms with Crippen LogP contribution in [0.15, 0.2) is 46.9 Å². The average Bonchev–Trinajstić information content (AvgIpc) is 3.08. The molecule has 1 aliphatic rings. The van der Waals surface area contributed by atoms with E-state index in [0.717, 1.165) is 0 Å². The van der Waals surface area contributed by atoms with Crippen LogP contribution in [0.3, 0.4) is 0 Å². The minimum absolute atomic E-state index is 0.0795. The van der Waals surface area contributed by atoms with Crippen molar-refractivity contribution in [3.63, 3.8) is 0 Å². The van der Waals surface area contributed by atoms with Crippen molar-refractivity contribution < 1.29 is 23.1 Å². The summed E-state index contributed by atoms with van der Waals surface area (Å²) in [5.41, 5.74) is 1.09. The van der Waals surface area contributed by atoms with Crippen LogP contribution >= 0.6 is 11.6 Å². The minimum Gasteiger partial charge on any atom is -0.484 e. The number of amides is 2. The van der Waals surface area contributed by atoms with Gasteiger partial charge in [-0.05, 0) is 49.4 Å². The molecule has 4 rings (SSSR count). The molecule has 3 aromatic rings. The number of nitrogens with zero attached hydrogens (tertiary/aromatic N) is 2. The standard InChI is InChI=1S/C22H20ClFN2O4/c1-14-18-12-16(24)4-7-19(18)30-21(14)22(28)26-10-8-25(9-11-26)20(27)13-29-17-5-2-15(23)3-6-17/h2-7,12H,8-11,13H2,1H3. The van der Waals surface area contributed by atoms with E-state index in [1.807, 2.05) is 0 Å². The molecule has 2 heterocycles. The second-order valence-electron chi connectivity index (χ2n) is 7.11. The minimum atomic E-state index is -0.377. The van der Waals surface area contributed by atoms with E-state index in [1.54, 1.807) is 41.0 Å². The lowest BCUT2D eigenvalue weighted by atomic mass is 10.1. The first-order valence-corrected chi connectivity index (χ1v) is 9.94. The molecular weight excluding hydrogens is 411 g/mol. The van der Waals surface area contributed by atoms with Crippen molar-refractivity contribution in [3.8, 4) is 5.75 Å². The molecule has 0 atom stereocenters. The van der Waals surface area contributed by atoms with Crippen LogP contribution in [0, 0.1) is 12.7 Å². The number of ether oxygens (including phenoxy) is 1. The van der Waals surface area contributed by atoms with Crippen LogP contribution in [0.4, 0.5) is 4.39 Å². The van der Waals surface area contributed by atoms with Crippen LogP contribution < -0.4 is 4.74 Å². The van der Waals surface area contributed by atoms with Crippen molar-refractivity contribution >= 4 is 34.4 Å². The third-order valence-corrected chi connectivity index (χ3v) is 5.44. The number of carbonyl (C=O) groups excluding carboxylic acids is 2. The summed E-state index contributed by atoms with van der Waals surface area (Å²) in [6.45, 7) is 3.24. The Hall–Kier alpha value is -3.06. The zero-order valence-corrected chi connectivity index (χ0v) is 17.1. The van der Waals surface area contributed by atoms with E-state index in [2.05, 4.69) is 0 Å². The molecule has 0 N–H and O–H groups in total. The zero-order valence-electron chi connectivity index (χ0n) is 16.4. The molecule has 2 aromatic carbocycles. The molecule has 0 unspecified atom stereocenters. The van der Waals surface area contributed by atoms with Crippen LogP contribution in [0.25, 0.3) is 11.0 Å². The molecule has 0 aliphatic carbocycles. The number of hydrogen-bond acceptors (Lipinski definition) is 4. The highest BCUT2D eigenvalue weighted by molar-refractivity contribution is 6.30. The van der Waals surface area contributed by atoms with Gasteiger partial charge in [-0.1, -0.05) is 11.6 Å². The Bertz CT molecular complexity index is 1090. The molecule has 0 spiro atoms. The van der Waals surface area contributed by atoms with Gasteiger partial charge in [0.25, 0.3) is 11.8 Å². The van der Waals surface area contributed by atoms with E-state index in [4.69, 9.17) is 20.8 Å². The number of fused-ring (bicyclic) bond motifs is 1. The fraction of sp³-hybridized carbons (Fsp3) is 0.273. The van der Waals surface area contributed by atoms with Gasteiger partial charge in [-0.3, -0.25) is 9.59 Å². The molecule has 1 saturated heterocycles. The van der Waals surface area contributed by atoms with E-state index in [0.29, 0.717) is 53.5 Å². The molecule has 0 saturated carbocycles. The average molecular weight is 431 g/mol. The summed E-state index contributed by atoms with van der Waals surface area (Å²) in [6, 6.07) is 11.0. The highest BCUT2D eigenvalue weighted by Crippen LogP contribution is 2.27. The zero-order chi connectivity index (χ0) is 21.3. The van der Waals surface area contributed by atoms with Crippen molar-refractivity contribution in [1.29, 1.82) is 0 Å². The number of piperazine rings is 1. The van der Waals surface area contributed by atoms with Crippen molar-refractivity contribution in [1.82, 2.24) is 9.80 Å². The second kappa shape index (κ2) is 8.36. The number of furan rings is 1. The predicted molar refractivity (Wildman–Crippen MR) is 110 cm³/mol. The first-order chi connectivity index (χ1) is 14.4. The molecule has 1 aromatic heterocycles. The molecular formula is C22H20ClFN2O4. The number of carbonyl (C=O) groups is 2. The maximum atomic E-state index is 13.5. The fourth-order valence-electron chi connectivity index (χ4n) is 3.47. The molecule has 2 amide bonds. The number of halogens is 2. The van der Waals surface area contributed by atoms with Crippen LogP contribution in [0.1, 0.15) is 16.1 Å². The van der Waals surface area contributed by atoms with Crippen LogP contribution in [0.2, 0.25) is 5.02 Å². The maximum absolute atomic E-state index is 13.5. The maximum Gasteiger partial charge on any atom is 0.290 e. The van der Waals surface area contributed by atoms with Gasteiger partial charge >= 0.3 is 0 Å². The SMILES string of the molecule is Cc1c(C(=O)N2CCN(C(=O)COc3ccc(Cl)cc3)CC2)oc2ccc(F)cc12. The number of benzene rings is 2. The van der Waals surface area contributed by atoms with Crippen molar-refractivity contribution in [2.75, 3.05) is 32.8 Å². The molecule has 8 heteroatoms. The molecule has 0 bridgehead atoms.